The van der Waals surface area contributed by atoms with Crippen molar-refractivity contribution in [2.75, 3.05) is 13.2 Å². The molecule has 2 aromatic rings. The van der Waals surface area contributed by atoms with Crippen molar-refractivity contribution in [1.29, 1.82) is 0 Å². The van der Waals surface area contributed by atoms with Crippen LogP contribution in [0.3, 0.4) is 0 Å². The number of amides is 2. The summed E-state index contributed by atoms with van der Waals surface area (Å²) in [6, 6.07) is 12.7. The smallest absolute Gasteiger partial charge is 0.233 e. The van der Waals surface area contributed by atoms with Crippen molar-refractivity contribution in [2.24, 2.45) is 23.7 Å². The first kappa shape index (κ1) is 27.7. The minimum Gasteiger partial charge on any atom is -0.507 e. The van der Waals surface area contributed by atoms with E-state index in [1.54, 1.807) is 18.3 Å². The Morgan fingerprint density at radius 1 is 1.13 bits per heavy atom. The number of hydrogen-bond acceptors (Lipinski definition) is 6. The van der Waals surface area contributed by atoms with Crippen LogP contribution in [0.25, 0.3) is 11.6 Å². The summed E-state index contributed by atoms with van der Waals surface area (Å²) in [6.07, 6.45) is 4.60. The number of imide groups is 1. The number of pyridine rings is 1. The first-order valence-corrected chi connectivity index (χ1v) is 13.5. The van der Waals surface area contributed by atoms with Crippen LogP contribution in [0, 0.1) is 23.7 Å². The molecule has 2 aliphatic rings. The van der Waals surface area contributed by atoms with Crippen LogP contribution in [-0.2, 0) is 9.59 Å². The molecule has 7 nitrogen and oxygen atoms in total. The van der Waals surface area contributed by atoms with Crippen LogP contribution in [0.4, 0.5) is 0 Å². The van der Waals surface area contributed by atoms with Gasteiger partial charge in [0.05, 0.1) is 30.2 Å². The average Bonchev–Trinajstić information content (AvgIpc) is 3.16. The van der Waals surface area contributed by atoms with Gasteiger partial charge in [-0.2, -0.15) is 0 Å². The molecule has 7 heteroatoms. The monoisotopic (exact) mass is 518 g/mol. The normalized spacial score (nSPS) is 22.8. The Balaban J connectivity index is 1.65. The maximum absolute atomic E-state index is 13.3. The molecule has 0 bridgehead atoms. The highest BCUT2D eigenvalue weighted by molar-refractivity contribution is 6.05. The number of carbonyl (C=O) groups excluding carboxylic acids is 2. The highest BCUT2D eigenvalue weighted by atomic mass is 16.3. The Hall–Kier alpha value is -3.29. The second-order valence-corrected chi connectivity index (χ2v) is 10.6. The number of phenolic OH excluding ortho intramolecular Hbond substituents is 1. The topological polar surface area (TPSA) is 111 Å². The van der Waals surface area contributed by atoms with Crippen LogP contribution in [0.15, 0.2) is 59.8 Å². The van der Waals surface area contributed by atoms with E-state index in [9.17, 15) is 24.9 Å². The lowest BCUT2D eigenvalue weighted by Crippen LogP contribution is -2.39. The van der Waals surface area contributed by atoms with E-state index in [0.29, 0.717) is 43.4 Å². The standard InChI is InChI=1S/C31H38N2O5/c1-4-15-33-30(37)23-17-22(19(2)3)28(24(18-34)29(23)31(33)38)27(36)13-12-20(25-10-7-8-14-32-25)16-21-9-5-6-11-26(21)35/h5-11,14,16,19,23-24,27,29,34-36H,4,12-13,15,17-18H2,1-3H3/b20-16-/t23-,24+,27-,29-/m1/s1. The van der Waals surface area contributed by atoms with E-state index in [0.717, 1.165) is 16.8 Å². The molecule has 3 N–H and O–H groups in total. The predicted octanol–water partition coefficient (Wildman–Crippen LogP) is 4.44. The zero-order valence-corrected chi connectivity index (χ0v) is 22.4. The summed E-state index contributed by atoms with van der Waals surface area (Å²) in [5.74, 6) is -1.89. The number of aromatic nitrogens is 1. The van der Waals surface area contributed by atoms with E-state index in [-0.39, 0.29) is 30.1 Å². The van der Waals surface area contributed by atoms with Gasteiger partial charge in [-0.05, 0) is 67.0 Å². The molecule has 2 heterocycles. The fourth-order valence-corrected chi connectivity index (χ4v) is 6.03. The van der Waals surface area contributed by atoms with Gasteiger partial charge < -0.3 is 15.3 Å². The number of hydrogen-bond donors (Lipinski definition) is 3. The summed E-state index contributed by atoms with van der Waals surface area (Å²) in [5, 5.41) is 32.4. The minimum absolute atomic E-state index is 0.0600. The molecule has 0 radical (unpaired) electrons. The predicted molar refractivity (Wildman–Crippen MR) is 147 cm³/mol. The van der Waals surface area contributed by atoms with Crippen molar-refractivity contribution in [2.45, 2.75) is 52.6 Å². The van der Waals surface area contributed by atoms with Crippen molar-refractivity contribution in [3.63, 3.8) is 0 Å². The van der Waals surface area contributed by atoms with Gasteiger partial charge in [-0.3, -0.25) is 19.5 Å². The number of para-hydroxylation sites is 1. The van der Waals surface area contributed by atoms with E-state index >= 15 is 0 Å². The van der Waals surface area contributed by atoms with Crippen LogP contribution in [0.1, 0.15) is 57.7 Å². The maximum atomic E-state index is 13.3. The molecule has 0 saturated carbocycles. The summed E-state index contributed by atoms with van der Waals surface area (Å²) in [7, 11) is 0. The molecule has 0 unspecified atom stereocenters. The Bertz CT molecular complexity index is 1220. The molecule has 1 fully saturated rings. The Morgan fingerprint density at radius 2 is 1.87 bits per heavy atom. The lowest BCUT2D eigenvalue weighted by Gasteiger charge is -2.38. The number of rotatable bonds is 10. The van der Waals surface area contributed by atoms with Gasteiger partial charge in [0.2, 0.25) is 11.8 Å². The number of aliphatic hydroxyl groups is 2. The quantitative estimate of drug-likeness (QED) is 0.317. The summed E-state index contributed by atoms with van der Waals surface area (Å²) in [6.45, 7) is 6.06. The molecule has 2 amide bonds. The zero-order chi connectivity index (χ0) is 27.4. The lowest BCUT2D eigenvalue weighted by atomic mass is 9.66. The van der Waals surface area contributed by atoms with E-state index in [1.165, 1.54) is 4.90 Å². The fraction of sp³-hybridized carbons (Fsp3) is 0.452. The average molecular weight is 519 g/mol. The highest BCUT2D eigenvalue weighted by Crippen LogP contribution is 2.48. The largest absolute Gasteiger partial charge is 0.507 e. The molecule has 4 rings (SSSR count). The van der Waals surface area contributed by atoms with Crippen LogP contribution in [0.5, 0.6) is 5.75 Å². The lowest BCUT2D eigenvalue weighted by molar-refractivity contribution is -0.140. The van der Waals surface area contributed by atoms with E-state index in [2.05, 4.69) is 4.98 Å². The number of nitrogens with zero attached hydrogens (tertiary/aromatic N) is 2. The Kier molecular flexibility index (Phi) is 8.80. The third-order valence-electron chi connectivity index (χ3n) is 7.86. The van der Waals surface area contributed by atoms with E-state index in [1.807, 2.05) is 57.2 Å². The molecule has 38 heavy (non-hydrogen) atoms. The maximum Gasteiger partial charge on any atom is 0.233 e. The van der Waals surface area contributed by atoms with Crippen LogP contribution < -0.4 is 0 Å². The number of likely N-dealkylation sites (tertiary alicyclic amines) is 1. The Labute approximate surface area is 224 Å². The third-order valence-corrected chi connectivity index (χ3v) is 7.86. The van der Waals surface area contributed by atoms with Crippen LogP contribution in [-0.4, -0.2) is 56.3 Å². The molecule has 202 valence electrons. The van der Waals surface area contributed by atoms with Crippen molar-refractivity contribution < 1.29 is 24.9 Å². The zero-order valence-electron chi connectivity index (χ0n) is 22.4. The molecule has 0 spiro atoms. The number of phenols is 1. The molecule has 1 saturated heterocycles. The Morgan fingerprint density at radius 3 is 2.50 bits per heavy atom. The van der Waals surface area contributed by atoms with Gasteiger partial charge >= 0.3 is 0 Å². The molecule has 4 atom stereocenters. The minimum atomic E-state index is -0.898. The first-order chi connectivity index (χ1) is 18.3. The molecule has 1 aliphatic heterocycles. The number of aliphatic hydroxyl groups excluding tert-OH is 2. The molecule has 1 aromatic carbocycles. The summed E-state index contributed by atoms with van der Waals surface area (Å²) >= 11 is 0. The third kappa shape index (κ3) is 5.45. The molecule has 1 aromatic heterocycles. The number of aromatic hydroxyl groups is 1. The molecule has 1 aliphatic carbocycles. The summed E-state index contributed by atoms with van der Waals surface area (Å²) < 4.78 is 0. The van der Waals surface area contributed by atoms with Crippen molar-refractivity contribution in [3.05, 3.63) is 71.1 Å². The van der Waals surface area contributed by atoms with Crippen LogP contribution in [0.2, 0.25) is 0 Å². The van der Waals surface area contributed by atoms with Gasteiger partial charge in [-0.25, -0.2) is 0 Å². The fourth-order valence-electron chi connectivity index (χ4n) is 6.03. The van der Waals surface area contributed by atoms with Gasteiger partial charge in [-0.1, -0.05) is 50.6 Å². The number of carbonyl (C=O) groups is 2. The van der Waals surface area contributed by atoms with Gasteiger partial charge in [-0.15, -0.1) is 0 Å². The molecular formula is C31H38N2O5. The first-order valence-electron chi connectivity index (χ1n) is 13.5. The number of benzene rings is 1. The second kappa shape index (κ2) is 12.0. The van der Waals surface area contributed by atoms with Gasteiger partial charge in [0.25, 0.3) is 0 Å². The number of allylic oxidation sites excluding steroid dienone is 2. The van der Waals surface area contributed by atoms with Crippen molar-refractivity contribution in [1.82, 2.24) is 9.88 Å². The second-order valence-electron chi connectivity index (χ2n) is 10.6. The number of fused-ring (bicyclic) bond motifs is 1. The van der Waals surface area contributed by atoms with Crippen molar-refractivity contribution in [3.8, 4) is 5.75 Å². The van der Waals surface area contributed by atoms with E-state index in [4.69, 9.17) is 0 Å². The highest BCUT2D eigenvalue weighted by Gasteiger charge is 2.54. The van der Waals surface area contributed by atoms with Crippen molar-refractivity contribution >= 4 is 23.5 Å². The van der Waals surface area contributed by atoms with Crippen LogP contribution >= 0.6 is 0 Å². The van der Waals surface area contributed by atoms with Gasteiger partial charge in [0.1, 0.15) is 5.75 Å². The van der Waals surface area contributed by atoms with Gasteiger partial charge in [0, 0.05) is 24.2 Å². The SMILES string of the molecule is CCCN1C(=O)[C@@H]2[C@@H](CC(C(C)C)=C([C@H](O)CC/C(=C/c3ccccc3O)c3ccccn3)[C@@H]2CO)C1=O. The summed E-state index contributed by atoms with van der Waals surface area (Å²) in [4.78, 5) is 32.2. The van der Waals surface area contributed by atoms with Gasteiger partial charge in [0.15, 0.2) is 0 Å². The molecular weight excluding hydrogens is 480 g/mol. The summed E-state index contributed by atoms with van der Waals surface area (Å²) in [5.41, 5.74) is 3.92. The van der Waals surface area contributed by atoms with E-state index < -0.39 is 23.9 Å².